The highest BCUT2D eigenvalue weighted by Crippen LogP contribution is 2.26. The third-order valence-electron chi connectivity index (χ3n) is 2.67. The van der Waals surface area contributed by atoms with Gasteiger partial charge in [-0.2, -0.15) is 4.98 Å². The van der Waals surface area contributed by atoms with Crippen molar-refractivity contribution in [2.24, 2.45) is 4.99 Å². The highest BCUT2D eigenvalue weighted by Gasteiger charge is 2.13. The van der Waals surface area contributed by atoms with Gasteiger partial charge in [0.2, 0.25) is 5.95 Å². The number of anilines is 3. The molecule has 0 bridgehead atoms. The average Bonchev–Trinajstić information content (AvgIpc) is 2.71. The van der Waals surface area contributed by atoms with Gasteiger partial charge in [0.15, 0.2) is 0 Å². The van der Waals surface area contributed by atoms with E-state index in [2.05, 4.69) is 55.0 Å². The Morgan fingerprint density at radius 3 is 3.00 bits per heavy atom. The smallest absolute Gasteiger partial charge is 0.221 e. The van der Waals surface area contributed by atoms with E-state index < -0.39 is 0 Å². The molecule has 18 heavy (non-hydrogen) atoms. The molecule has 1 aromatic heterocycles. The first-order chi connectivity index (χ1) is 8.72. The van der Waals surface area contributed by atoms with E-state index in [4.69, 9.17) is 5.73 Å². The highest BCUT2D eigenvalue weighted by atomic mass is 127. The van der Waals surface area contributed by atoms with Crippen LogP contribution in [-0.2, 0) is 6.54 Å². The number of hydrogen-bond donors (Lipinski definition) is 2. The molecule has 0 fully saturated rings. The van der Waals surface area contributed by atoms with Crippen molar-refractivity contribution < 1.29 is 0 Å². The molecule has 2 heterocycles. The molecule has 1 aromatic carbocycles. The summed E-state index contributed by atoms with van der Waals surface area (Å²) >= 11 is 2.25. The minimum atomic E-state index is 0.261. The van der Waals surface area contributed by atoms with E-state index in [0.717, 1.165) is 16.0 Å². The first kappa shape index (κ1) is 11.4. The van der Waals surface area contributed by atoms with Gasteiger partial charge in [0.1, 0.15) is 9.54 Å². The number of aromatic nitrogens is 2. The molecule has 3 rings (SSSR count). The summed E-state index contributed by atoms with van der Waals surface area (Å²) in [7, 11) is 0. The number of halogens is 1. The Morgan fingerprint density at radius 1 is 1.28 bits per heavy atom. The third-order valence-corrected chi connectivity index (χ3v) is 3.59. The van der Waals surface area contributed by atoms with Crippen molar-refractivity contribution in [3.8, 4) is 0 Å². The van der Waals surface area contributed by atoms with Gasteiger partial charge in [-0.05, 0) is 46.4 Å². The lowest BCUT2D eigenvalue weighted by atomic mass is 10.1. The van der Waals surface area contributed by atoms with Crippen molar-refractivity contribution in [3.05, 3.63) is 41.6 Å². The number of fused-ring (bicyclic) bond motifs is 1. The Kier molecular flexibility index (Phi) is 2.86. The van der Waals surface area contributed by atoms with Crippen LogP contribution in [0.3, 0.4) is 0 Å². The number of nitrogens with two attached hydrogens (primary N) is 1. The molecule has 6 heteroatoms. The second kappa shape index (κ2) is 4.52. The normalized spacial score (nSPS) is 13.1. The fraction of sp³-hybridized carbons (Fsp3) is 0.0833. The van der Waals surface area contributed by atoms with Gasteiger partial charge in [0.05, 0.1) is 6.54 Å². The van der Waals surface area contributed by atoms with E-state index in [1.807, 2.05) is 6.07 Å². The van der Waals surface area contributed by atoms with Gasteiger partial charge in [-0.15, -0.1) is 0 Å². The summed E-state index contributed by atoms with van der Waals surface area (Å²) in [4.78, 5) is 12.4. The van der Waals surface area contributed by atoms with Gasteiger partial charge < -0.3 is 11.1 Å². The average molecular weight is 351 g/mol. The summed E-state index contributed by atoms with van der Waals surface area (Å²) in [6.07, 6.45) is 1.63. The molecular formula is C12H10IN5. The van der Waals surface area contributed by atoms with Gasteiger partial charge in [-0.3, -0.25) is 4.99 Å². The summed E-state index contributed by atoms with van der Waals surface area (Å²) in [5.74, 6) is 0.949. The molecule has 1 aliphatic rings. The maximum atomic E-state index is 5.54. The van der Waals surface area contributed by atoms with Crippen molar-refractivity contribution in [2.45, 2.75) is 6.54 Å². The predicted octanol–water partition coefficient (Wildman–Crippen LogP) is 2.50. The van der Waals surface area contributed by atoms with Crippen LogP contribution in [0.2, 0.25) is 0 Å². The molecule has 3 N–H and O–H groups in total. The number of nitrogens with zero attached hydrogens (tertiary/aromatic N) is 3. The zero-order valence-corrected chi connectivity index (χ0v) is 11.5. The summed E-state index contributed by atoms with van der Waals surface area (Å²) in [6, 6.07) is 7.95. The zero-order chi connectivity index (χ0) is 12.5. The highest BCUT2D eigenvalue weighted by molar-refractivity contribution is 14.1. The Hall–Kier alpha value is -1.70. The summed E-state index contributed by atoms with van der Waals surface area (Å²) < 4.78 is 1.05. The lowest BCUT2D eigenvalue weighted by molar-refractivity contribution is 1.11. The van der Waals surface area contributed by atoms with Gasteiger partial charge in [-0.25, -0.2) is 4.98 Å². The minimum absolute atomic E-state index is 0.261. The monoisotopic (exact) mass is 351 g/mol. The number of benzene rings is 1. The van der Waals surface area contributed by atoms with E-state index in [1.54, 1.807) is 12.3 Å². The van der Waals surface area contributed by atoms with Crippen LogP contribution < -0.4 is 11.1 Å². The van der Waals surface area contributed by atoms with E-state index in [0.29, 0.717) is 5.82 Å². The first-order valence-electron chi connectivity index (χ1n) is 5.41. The van der Waals surface area contributed by atoms with Gasteiger partial charge in [0.25, 0.3) is 0 Å². The topological polar surface area (TPSA) is 76.2 Å². The predicted molar refractivity (Wildman–Crippen MR) is 80.4 cm³/mol. The van der Waals surface area contributed by atoms with Crippen LogP contribution in [0.5, 0.6) is 0 Å². The third kappa shape index (κ3) is 2.15. The van der Waals surface area contributed by atoms with E-state index in [1.165, 1.54) is 11.1 Å². The van der Waals surface area contributed by atoms with Crippen LogP contribution in [0.4, 0.5) is 17.5 Å². The molecular weight excluding hydrogens is 341 g/mol. The number of rotatable bonds is 2. The Balaban J connectivity index is 1.90. The molecule has 0 spiro atoms. The van der Waals surface area contributed by atoms with Crippen LogP contribution in [0.1, 0.15) is 11.1 Å². The van der Waals surface area contributed by atoms with E-state index in [9.17, 15) is 0 Å². The molecule has 0 radical (unpaired) electrons. The van der Waals surface area contributed by atoms with Gasteiger partial charge in [0, 0.05) is 17.4 Å². The summed E-state index contributed by atoms with van der Waals surface area (Å²) in [5.41, 5.74) is 8.95. The molecule has 0 saturated heterocycles. The maximum absolute atomic E-state index is 5.54. The van der Waals surface area contributed by atoms with E-state index in [-0.39, 0.29) is 5.95 Å². The number of nitrogens with one attached hydrogen (secondary N) is 1. The summed E-state index contributed by atoms with van der Waals surface area (Å²) in [6.45, 7) is 0.772. The van der Waals surface area contributed by atoms with Crippen molar-refractivity contribution in [3.63, 3.8) is 0 Å². The minimum Gasteiger partial charge on any atom is -0.368 e. The van der Waals surface area contributed by atoms with Gasteiger partial charge in [-0.1, -0.05) is 6.07 Å². The molecule has 2 aromatic rings. The van der Waals surface area contributed by atoms with Crippen molar-refractivity contribution in [1.29, 1.82) is 0 Å². The fourth-order valence-corrected chi connectivity index (χ4v) is 2.49. The fourth-order valence-electron chi connectivity index (χ4n) is 1.82. The number of aliphatic imine (C=N–C) groups is 1. The van der Waals surface area contributed by atoms with Crippen LogP contribution >= 0.6 is 22.6 Å². The van der Waals surface area contributed by atoms with Crippen molar-refractivity contribution >= 4 is 43.8 Å². The van der Waals surface area contributed by atoms with Crippen LogP contribution in [0, 0.1) is 0 Å². The van der Waals surface area contributed by atoms with Gasteiger partial charge >= 0.3 is 0 Å². The molecule has 0 atom stereocenters. The van der Waals surface area contributed by atoms with Crippen molar-refractivity contribution in [2.75, 3.05) is 11.1 Å². The quantitative estimate of drug-likeness (QED) is 0.816. The Morgan fingerprint density at radius 2 is 2.17 bits per heavy atom. The SMILES string of the molecule is Nc1nccc(Nc2ccc3c(c2)C(I)=NC3)n1. The molecule has 0 saturated carbocycles. The molecule has 1 aliphatic heterocycles. The largest absolute Gasteiger partial charge is 0.368 e. The van der Waals surface area contributed by atoms with Crippen LogP contribution in [0.25, 0.3) is 0 Å². The number of nitrogen functional groups attached to an aromatic ring is 1. The lowest BCUT2D eigenvalue weighted by Crippen LogP contribution is -2.00. The lowest BCUT2D eigenvalue weighted by Gasteiger charge is -2.07. The zero-order valence-electron chi connectivity index (χ0n) is 9.39. The molecule has 0 aliphatic carbocycles. The van der Waals surface area contributed by atoms with E-state index >= 15 is 0 Å². The second-order valence-corrected chi connectivity index (χ2v) is 4.93. The van der Waals surface area contributed by atoms with Crippen LogP contribution in [0.15, 0.2) is 35.5 Å². The Labute approximate surface area is 118 Å². The molecule has 0 amide bonds. The maximum Gasteiger partial charge on any atom is 0.221 e. The van der Waals surface area contributed by atoms with Crippen molar-refractivity contribution in [1.82, 2.24) is 9.97 Å². The molecule has 5 nitrogen and oxygen atoms in total. The second-order valence-electron chi connectivity index (χ2n) is 3.90. The molecule has 90 valence electrons. The standard InChI is InChI=1S/C12H10IN5/c13-11-9-5-8(2-1-7(9)6-16-11)17-10-3-4-15-12(14)18-10/h1-5H,6H2,(H3,14,15,17,18). The van der Waals surface area contributed by atoms with Crippen LogP contribution in [-0.4, -0.2) is 13.7 Å². The molecule has 0 unspecified atom stereocenters. The summed E-state index contributed by atoms with van der Waals surface area (Å²) in [5, 5.41) is 3.21. The number of hydrogen-bond acceptors (Lipinski definition) is 5. The first-order valence-corrected chi connectivity index (χ1v) is 6.49. The Bertz CT molecular complexity index is 638.